The molecule has 1 aliphatic rings. The molecule has 0 spiro atoms. The second-order valence-corrected chi connectivity index (χ2v) is 5.65. The zero-order valence-corrected chi connectivity index (χ0v) is 13.1. The molecule has 6 nitrogen and oxygen atoms in total. The molecule has 0 saturated carbocycles. The van der Waals surface area contributed by atoms with Crippen LogP contribution in [0.1, 0.15) is 28.9 Å². The average Bonchev–Trinajstić information content (AvgIpc) is 3.03. The highest BCUT2D eigenvalue weighted by molar-refractivity contribution is 5.90. The molecule has 0 aliphatic carbocycles. The fourth-order valence-corrected chi connectivity index (χ4v) is 3.08. The number of ether oxygens (including phenoxy) is 1. The number of methoxy groups -OCH3 is 1. The number of aromatic nitrogens is 2. The number of carbonyl (C=O) groups excluding carboxylic acids is 1. The van der Waals surface area contributed by atoms with Gasteiger partial charge in [0.2, 0.25) is 0 Å². The Labute approximate surface area is 135 Å². The lowest BCUT2D eigenvalue weighted by atomic mass is 10.0. The van der Waals surface area contributed by atoms with Gasteiger partial charge in [-0.05, 0) is 43.0 Å². The summed E-state index contributed by atoms with van der Waals surface area (Å²) in [5, 5.41) is 8.07. The number of hydrogen-bond donors (Lipinski definition) is 1. The van der Waals surface area contributed by atoms with Crippen LogP contribution in [0.4, 0.5) is 5.82 Å². The van der Waals surface area contributed by atoms with E-state index in [0.717, 1.165) is 37.4 Å². The topological polar surface area (TPSA) is 81.3 Å². The fraction of sp³-hybridized carbons (Fsp3) is 0.353. The summed E-state index contributed by atoms with van der Waals surface area (Å²) in [6, 6.07) is 11.9. The molecule has 23 heavy (non-hydrogen) atoms. The molecule has 2 aromatic rings. The zero-order valence-electron chi connectivity index (χ0n) is 13.1. The maximum Gasteiger partial charge on any atom is 0.269 e. The molecule has 120 valence electrons. The molecule has 0 radical (unpaired) electrons. The number of nitrogens with two attached hydrogens (primary N) is 1. The highest BCUT2D eigenvalue weighted by atomic mass is 16.5. The van der Waals surface area contributed by atoms with Gasteiger partial charge in [0.25, 0.3) is 5.91 Å². The van der Waals surface area contributed by atoms with Crippen LogP contribution in [0.25, 0.3) is 0 Å². The highest BCUT2D eigenvalue weighted by Crippen LogP contribution is 2.28. The molecule has 0 bridgehead atoms. The standard InChI is InChI=1S/C17H20N4O2/c1-23-15-7-3-2-5-12(15)11-13-6-4-10-21(13)16-9-8-14(17(18)22)19-20-16/h2-3,5,7-9,13H,4,6,10-11H2,1H3,(H2,18,22). The van der Waals surface area contributed by atoms with Crippen LogP contribution in [0.3, 0.4) is 0 Å². The molecule has 2 N–H and O–H groups in total. The summed E-state index contributed by atoms with van der Waals surface area (Å²) in [4.78, 5) is 13.3. The molecular formula is C17H20N4O2. The number of amides is 1. The Kier molecular flexibility index (Phi) is 4.41. The van der Waals surface area contributed by atoms with Crippen molar-refractivity contribution in [2.45, 2.75) is 25.3 Å². The number of carbonyl (C=O) groups is 1. The van der Waals surface area contributed by atoms with Gasteiger partial charge in [0.1, 0.15) is 5.75 Å². The SMILES string of the molecule is COc1ccccc1CC1CCCN1c1ccc(C(N)=O)nn1. The Morgan fingerprint density at radius 2 is 2.13 bits per heavy atom. The summed E-state index contributed by atoms with van der Waals surface area (Å²) in [5.74, 6) is 1.14. The monoisotopic (exact) mass is 312 g/mol. The predicted molar refractivity (Wildman–Crippen MR) is 87.6 cm³/mol. The lowest BCUT2D eigenvalue weighted by Crippen LogP contribution is -2.32. The van der Waals surface area contributed by atoms with E-state index in [-0.39, 0.29) is 5.69 Å². The van der Waals surface area contributed by atoms with Gasteiger partial charge in [-0.1, -0.05) is 18.2 Å². The molecule has 1 aliphatic heterocycles. The minimum atomic E-state index is -0.559. The lowest BCUT2D eigenvalue weighted by molar-refractivity contribution is 0.0994. The first-order valence-electron chi connectivity index (χ1n) is 7.71. The normalized spacial score (nSPS) is 17.3. The molecule has 1 aromatic carbocycles. The molecule has 1 atom stereocenters. The predicted octanol–water partition coefficient (Wildman–Crippen LogP) is 1.80. The first-order valence-corrected chi connectivity index (χ1v) is 7.71. The number of primary amides is 1. The van der Waals surface area contributed by atoms with E-state index >= 15 is 0 Å². The van der Waals surface area contributed by atoms with Gasteiger partial charge in [-0.2, -0.15) is 0 Å². The molecule has 6 heteroatoms. The summed E-state index contributed by atoms with van der Waals surface area (Å²) in [6.07, 6.45) is 3.10. The summed E-state index contributed by atoms with van der Waals surface area (Å²) in [5.41, 5.74) is 6.59. The molecule has 1 aromatic heterocycles. The third kappa shape index (κ3) is 3.26. The summed E-state index contributed by atoms with van der Waals surface area (Å²) < 4.78 is 5.44. The van der Waals surface area contributed by atoms with Crippen molar-refractivity contribution in [3.8, 4) is 5.75 Å². The minimum absolute atomic E-state index is 0.189. The van der Waals surface area contributed by atoms with Crippen molar-refractivity contribution in [3.63, 3.8) is 0 Å². The van der Waals surface area contributed by atoms with Gasteiger partial charge in [-0.15, -0.1) is 10.2 Å². The van der Waals surface area contributed by atoms with E-state index in [0.29, 0.717) is 6.04 Å². The van der Waals surface area contributed by atoms with Crippen LogP contribution in [0.2, 0.25) is 0 Å². The van der Waals surface area contributed by atoms with Crippen molar-refractivity contribution in [2.75, 3.05) is 18.6 Å². The van der Waals surface area contributed by atoms with E-state index in [1.54, 1.807) is 13.2 Å². The first kappa shape index (κ1) is 15.3. The Balaban J connectivity index is 1.78. The van der Waals surface area contributed by atoms with Crippen molar-refractivity contribution >= 4 is 11.7 Å². The summed E-state index contributed by atoms with van der Waals surface area (Å²) in [6.45, 7) is 0.935. The van der Waals surface area contributed by atoms with Gasteiger partial charge < -0.3 is 15.4 Å². The molecule has 1 saturated heterocycles. The van der Waals surface area contributed by atoms with Gasteiger partial charge in [0, 0.05) is 12.6 Å². The van der Waals surface area contributed by atoms with Crippen LogP contribution in [0.5, 0.6) is 5.75 Å². The van der Waals surface area contributed by atoms with Gasteiger partial charge in [0.05, 0.1) is 7.11 Å². The van der Waals surface area contributed by atoms with Crippen LogP contribution in [0.15, 0.2) is 36.4 Å². The number of benzene rings is 1. The van der Waals surface area contributed by atoms with Gasteiger partial charge in [-0.25, -0.2) is 0 Å². The van der Waals surface area contributed by atoms with Crippen LogP contribution in [-0.2, 0) is 6.42 Å². The third-order valence-electron chi connectivity index (χ3n) is 4.22. The van der Waals surface area contributed by atoms with Crippen molar-refractivity contribution in [2.24, 2.45) is 5.73 Å². The Hall–Kier alpha value is -2.63. The fourth-order valence-electron chi connectivity index (χ4n) is 3.08. The van der Waals surface area contributed by atoms with Crippen molar-refractivity contribution in [1.29, 1.82) is 0 Å². The van der Waals surface area contributed by atoms with E-state index in [4.69, 9.17) is 10.5 Å². The number of anilines is 1. The first-order chi connectivity index (χ1) is 11.2. The Morgan fingerprint density at radius 3 is 2.83 bits per heavy atom. The van der Waals surface area contributed by atoms with E-state index in [2.05, 4.69) is 21.2 Å². The smallest absolute Gasteiger partial charge is 0.269 e. The van der Waals surface area contributed by atoms with Gasteiger partial charge in [-0.3, -0.25) is 4.79 Å². The maximum absolute atomic E-state index is 11.1. The minimum Gasteiger partial charge on any atom is -0.496 e. The zero-order chi connectivity index (χ0) is 16.2. The lowest BCUT2D eigenvalue weighted by Gasteiger charge is -2.26. The van der Waals surface area contributed by atoms with E-state index in [9.17, 15) is 4.79 Å². The second-order valence-electron chi connectivity index (χ2n) is 5.65. The van der Waals surface area contributed by atoms with Crippen LogP contribution >= 0.6 is 0 Å². The van der Waals surface area contributed by atoms with Crippen LogP contribution in [-0.4, -0.2) is 35.8 Å². The van der Waals surface area contributed by atoms with Gasteiger partial charge in [0.15, 0.2) is 11.5 Å². The molecule has 3 rings (SSSR count). The average molecular weight is 312 g/mol. The van der Waals surface area contributed by atoms with E-state index < -0.39 is 5.91 Å². The largest absolute Gasteiger partial charge is 0.496 e. The molecule has 1 fully saturated rings. The number of nitrogens with zero attached hydrogens (tertiary/aromatic N) is 3. The summed E-state index contributed by atoms with van der Waals surface area (Å²) >= 11 is 0. The third-order valence-corrected chi connectivity index (χ3v) is 4.22. The Morgan fingerprint density at radius 1 is 1.30 bits per heavy atom. The number of rotatable bonds is 5. The van der Waals surface area contributed by atoms with Crippen molar-refractivity contribution in [3.05, 3.63) is 47.7 Å². The van der Waals surface area contributed by atoms with E-state index in [1.807, 2.05) is 24.3 Å². The van der Waals surface area contributed by atoms with Gasteiger partial charge >= 0.3 is 0 Å². The molecular weight excluding hydrogens is 292 g/mol. The van der Waals surface area contributed by atoms with E-state index in [1.165, 1.54) is 5.56 Å². The molecule has 1 unspecified atom stereocenters. The quantitative estimate of drug-likeness (QED) is 0.910. The Bertz CT molecular complexity index is 687. The molecule has 2 heterocycles. The maximum atomic E-state index is 11.1. The van der Waals surface area contributed by atoms with Crippen molar-refractivity contribution < 1.29 is 9.53 Å². The highest BCUT2D eigenvalue weighted by Gasteiger charge is 2.27. The van der Waals surface area contributed by atoms with Crippen molar-refractivity contribution in [1.82, 2.24) is 10.2 Å². The second kappa shape index (κ2) is 6.64. The number of para-hydroxylation sites is 1. The molecule has 1 amide bonds. The number of hydrogen-bond acceptors (Lipinski definition) is 5. The summed E-state index contributed by atoms with van der Waals surface area (Å²) in [7, 11) is 1.69. The van der Waals surface area contributed by atoms with Crippen LogP contribution in [0, 0.1) is 0 Å². The van der Waals surface area contributed by atoms with Crippen LogP contribution < -0.4 is 15.4 Å².